The van der Waals surface area contributed by atoms with Crippen molar-refractivity contribution in [1.29, 1.82) is 0 Å². The van der Waals surface area contributed by atoms with Gasteiger partial charge in [-0.15, -0.1) is 0 Å². The molecule has 0 amide bonds. The van der Waals surface area contributed by atoms with E-state index in [1.165, 1.54) is 6.42 Å². The number of ether oxygens (including phenoxy) is 1. The third-order valence-corrected chi connectivity index (χ3v) is 5.13. The van der Waals surface area contributed by atoms with Crippen molar-refractivity contribution >= 4 is 5.97 Å². The highest BCUT2D eigenvalue weighted by Gasteiger charge is 2.35. The summed E-state index contributed by atoms with van der Waals surface area (Å²) in [5, 5.41) is 10.6. The average molecular weight is 318 g/mol. The van der Waals surface area contributed by atoms with Crippen LogP contribution in [0.3, 0.4) is 0 Å². The van der Waals surface area contributed by atoms with Crippen molar-refractivity contribution in [3.05, 3.63) is 35.9 Å². The number of esters is 1. The van der Waals surface area contributed by atoms with Gasteiger partial charge in [-0.25, -0.2) is 0 Å². The fraction of sp³-hybridized carbons (Fsp3) is 0.650. The highest BCUT2D eigenvalue weighted by molar-refractivity contribution is 5.71. The van der Waals surface area contributed by atoms with Gasteiger partial charge in [0.1, 0.15) is 6.10 Å². The van der Waals surface area contributed by atoms with Gasteiger partial charge in [0.2, 0.25) is 0 Å². The van der Waals surface area contributed by atoms with Crippen molar-refractivity contribution in [2.45, 2.75) is 65.1 Å². The molecule has 1 aromatic rings. The molecule has 3 nitrogen and oxygen atoms in total. The van der Waals surface area contributed by atoms with Crippen molar-refractivity contribution in [2.24, 2.45) is 17.8 Å². The van der Waals surface area contributed by atoms with E-state index >= 15 is 0 Å². The van der Waals surface area contributed by atoms with E-state index in [0.29, 0.717) is 17.8 Å². The van der Waals surface area contributed by atoms with Crippen LogP contribution in [0.1, 0.15) is 58.9 Å². The smallest absolute Gasteiger partial charge is 0.309 e. The third-order valence-electron chi connectivity index (χ3n) is 5.13. The zero-order valence-electron chi connectivity index (χ0n) is 14.8. The second-order valence-electron chi connectivity index (χ2n) is 7.67. The lowest BCUT2D eigenvalue weighted by Gasteiger charge is -2.37. The largest absolute Gasteiger partial charge is 0.462 e. The van der Waals surface area contributed by atoms with E-state index < -0.39 is 5.60 Å². The Kier molecular flexibility index (Phi) is 5.85. The molecular formula is C20H30O3. The number of carbonyl (C=O) groups is 1. The molecule has 1 N–H and O–H groups in total. The van der Waals surface area contributed by atoms with Crippen molar-refractivity contribution < 1.29 is 14.6 Å². The van der Waals surface area contributed by atoms with Crippen LogP contribution in [-0.2, 0) is 15.1 Å². The molecule has 2 rings (SSSR count). The molecule has 1 fully saturated rings. The molecule has 2 unspecified atom stereocenters. The fourth-order valence-electron chi connectivity index (χ4n) is 3.64. The lowest BCUT2D eigenvalue weighted by atomic mass is 9.75. The highest BCUT2D eigenvalue weighted by atomic mass is 16.5. The van der Waals surface area contributed by atoms with E-state index in [-0.39, 0.29) is 18.5 Å². The monoisotopic (exact) mass is 318 g/mol. The van der Waals surface area contributed by atoms with Gasteiger partial charge in [0, 0.05) is 0 Å². The van der Waals surface area contributed by atoms with Crippen molar-refractivity contribution in [3.63, 3.8) is 0 Å². The molecule has 0 spiro atoms. The van der Waals surface area contributed by atoms with Gasteiger partial charge in [-0.2, -0.15) is 0 Å². The summed E-state index contributed by atoms with van der Waals surface area (Å²) in [7, 11) is 0. The molecule has 0 aliphatic heterocycles. The summed E-state index contributed by atoms with van der Waals surface area (Å²) >= 11 is 0. The predicted octanol–water partition coefficient (Wildman–Crippen LogP) is 4.29. The zero-order valence-corrected chi connectivity index (χ0v) is 14.8. The molecule has 0 heterocycles. The number of hydrogen-bond acceptors (Lipinski definition) is 3. The van der Waals surface area contributed by atoms with Crippen LogP contribution < -0.4 is 0 Å². The maximum Gasteiger partial charge on any atom is 0.309 e. The Bertz CT molecular complexity index is 507. The highest BCUT2D eigenvalue weighted by Crippen LogP contribution is 2.36. The van der Waals surface area contributed by atoms with E-state index in [2.05, 4.69) is 20.8 Å². The average Bonchev–Trinajstić information content (AvgIpc) is 2.47. The molecule has 0 aromatic heterocycles. The van der Waals surface area contributed by atoms with Gasteiger partial charge in [0.05, 0.1) is 12.0 Å². The van der Waals surface area contributed by atoms with Gasteiger partial charge < -0.3 is 9.84 Å². The number of hydrogen-bond donors (Lipinski definition) is 1. The Morgan fingerprint density at radius 2 is 1.96 bits per heavy atom. The number of rotatable bonds is 5. The molecule has 1 aliphatic carbocycles. The van der Waals surface area contributed by atoms with E-state index in [1.807, 2.05) is 30.3 Å². The summed E-state index contributed by atoms with van der Waals surface area (Å²) in [6.45, 7) is 8.29. The quantitative estimate of drug-likeness (QED) is 0.824. The van der Waals surface area contributed by atoms with Gasteiger partial charge in [-0.3, -0.25) is 4.79 Å². The van der Waals surface area contributed by atoms with E-state index in [9.17, 15) is 9.90 Å². The van der Waals surface area contributed by atoms with Crippen LogP contribution >= 0.6 is 0 Å². The third kappa shape index (κ3) is 4.81. The minimum Gasteiger partial charge on any atom is -0.462 e. The Morgan fingerprint density at radius 3 is 2.57 bits per heavy atom. The lowest BCUT2D eigenvalue weighted by Crippen LogP contribution is -2.37. The second-order valence-corrected chi connectivity index (χ2v) is 7.67. The molecule has 128 valence electrons. The summed E-state index contributed by atoms with van der Waals surface area (Å²) in [5.41, 5.74) is -0.444. The summed E-state index contributed by atoms with van der Waals surface area (Å²) in [5.74, 6) is 1.23. The molecule has 1 aliphatic rings. The molecule has 0 saturated heterocycles. The summed E-state index contributed by atoms with van der Waals surface area (Å²) in [4.78, 5) is 12.4. The maximum atomic E-state index is 12.4. The van der Waals surface area contributed by atoms with Crippen molar-refractivity contribution in [3.8, 4) is 0 Å². The van der Waals surface area contributed by atoms with Crippen LogP contribution in [0, 0.1) is 17.8 Å². The summed E-state index contributed by atoms with van der Waals surface area (Å²) in [6.07, 6.45) is 3.23. The van der Waals surface area contributed by atoms with Crippen molar-refractivity contribution in [1.82, 2.24) is 0 Å². The molecule has 1 saturated carbocycles. The van der Waals surface area contributed by atoms with Crippen LogP contribution in [0.5, 0.6) is 0 Å². The van der Waals surface area contributed by atoms with E-state index in [4.69, 9.17) is 4.74 Å². The van der Waals surface area contributed by atoms with Gasteiger partial charge in [0.25, 0.3) is 0 Å². The summed E-state index contributed by atoms with van der Waals surface area (Å²) < 4.78 is 5.79. The van der Waals surface area contributed by atoms with Crippen LogP contribution in [0.4, 0.5) is 0 Å². The topological polar surface area (TPSA) is 46.5 Å². The predicted molar refractivity (Wildman–Crippen MR) is 91.9 cm³/mol. The first-order valence-corrected chi connectivity index (χ1v) is 8.77. The first-order valence-electron chi connectivity index (χ1n) is 8.77. The maximum absolute atomic E-state index is 12.4. The molecule has 0 bridgehead atoms. The number of carbonyl (C=O) groups excluding carboxylic acids is 1. The van der Waals surface area contributed by atoms with Crippen molar-refractivity contribution in [2.75, 3.05) is 0 Å². The molecule has 23 heavy (non-hydrogen) atoms. The first kappa shape index (κ1) is 18.0. The lowest BCUT2D eigenvalue weighted by molar-refractivity contribution is -0.161. The van der Waals surface area contributed by atoms with Gasteiger partial charge in [-0.05, 0) is 43.1 Å². The number of benzene rings is 1. The Balaban J connectivity index is 2.00. The van der Waals surface area contributed by atoms with E-state index in [0.717, 1.165) is 18.4 Å². The van der Waals surface area contributed by atoms with Crippen LogP contribution in [0.25, 0.3) is 0 Å². The van der Waals surface area contributed by atoms with Gasteiger partial charge >= 0.3 is 5.97 Å². The summed E-state index contributed by atoms with van der Waals surface area (Å²) in [6, 6.07) is 9.31. The van der Waals surface area contributed by atoms with Crippen LogP contribution in [0.2, 0.25) is 0 Å². The van der Waals surface area contributed by atoms with Gasteiger partial charge in [0.15, 0.2) is 0 Å². The molecular weight excluding hydrogens is 288 g/mol. The number of aliphatic hydroxyl groups is 1. The molecule has 4 atom stereocenters. The Labute approximate surface area is 140 Å². The van der Waals surface area contributed by atoms with Gasteiger partial charge in [-0.1, -0.05) is 57.5 Å². The molecule has 0 radical (unpaired) electrons. The Morgan fingerprint density at radius 1 is 1.30 bits per heavy atom. The fourth-order valence-corrected chi connectivity index (χ4v) is 3.64. The van der Waals surface area contributed by atoms with Crippen LogP contribution in [0.15, 0.2) is 30.3 Å². The normalized spacial score (nSPS) is 27.5. The first-order chi connectivity index (χ1) is 10.8. The van der Waals surface area contributed by atoms with Crippen LogP contribution in [-0.4, -0.2) is 17.2 Å². The standard InChI is InChI=1S/C20H30O3/c1-14(2)17-11-10-15(3)12-18(17)23-19(21)13-20(4,22)16-8-6-5-7-9-16/h5-9,14-15,17-18,22H,10-13H2,1-4H3/t15-,17+,18?,20?/m1/s1. The molecule has 1 aromatic carbocycles. The Hall–Kier alpha value is -1.35. The minimum atomic E-state index is -1.19. The SMILES string of the molecule is CC(C)[C@@H]1CC[C@@H](C)CC1OC(=O)CC(C)(O)c1ccccc1. The second kappa shape index (κ2) is 7.48. The zero-order chi connectivity index (χ0) is 17.0. The molecule has 3 heteroatoms. The minimum absolute atomic E-state index is 0.00723. The van der Waals surface area contributed by atoms with E-state index in [1.54, 1.807) is 6.92 Å².